The summed E-state index contributed by atoms with van der Waals surface area (Å²) in [4.78, 5) is 25.3. The molecule has 7 atom stereocenters. The number of carbonyl (C=O) groups is 2. The first kappa shape index (κ1) is 30.6. The third-order valence-electron chi connectivity index (χ3n) is 10.5. The van der Waals surface area contributed by atoms with Gasteiger partial charge in [-0.3, -0.25) is 0 Å². The summed E-state index contributed by atoms with van der Waals surface area (Å²) in [5.74, 6) is 1.38. The molecule has 40 heavy (non-hydrogen) atoms. The molecule has 218 valence electrons. The second-order valence-electron chi connectivity index (χ2n) is 13.0. The van der Waals surface area contributed by atoms with Crippen molar-refractivity contribution in [2.24, 2.45) is 28.1 Å². The molecule has 0 spiro atoms. The van der Waals surface area contributed by atoms with Gasteiger partial charge in [0.2, 0.25) is 0 Å². The fraction of sp³-hybridized carbons (Fsp3) is 0.677. The number of aliphatic hydroxyl groups is 1. The Bertz CT molecular complexity index is 1180. The summed E-state index contributed by atoms with van der Waals surface area (Å²) in [6.07, 6.45) is 8.67. The predicted octanol–water partition coefficient (Wildman–Crippen LogP) is 3.95. The van der Waals surface area contributed by atoms with Crippen molar-refractivity contribution >= 4 is 24.3 Å². The van der Waals surface area contributed by atoms with Gasteiger partial charge in [0.15, 0.2) is 18.2 Å². The fourth-order valence-electron chi connectivity index (χ4n) is 7.54. The molecule has 2 fully saturated rings. The highest BCUT2D eigenvalue weighted by Crippen LogP contribution is 2.62. The number of rotatable bonds is 8. The lowest BCUT2D eigenvalue weighted by atomic mass is 9.47. The van der Waals surface area contributed by atoms with Crippen molar-refractivity contribution in [1.29, 1.82) is 0 Å². The second kappa shape index (κ2) is 11.5. The molecule has 1 aliphatic heterocycles. The number of esters is 1. The summed E-state index contributed by atoms with van der Waals surface area (Å²) in [6, 6.07) is 3.01. The Morgan fingerprint density at radius 3 is 2.70 bits per heavy atom. The first-order chi connectivity index (χ1) is 18.8. The zero-order valence-corrected chi connectivity index (χ0v) is 24.3. The number of ether oxygens (including phenoxy) is 2. The minimum atomic E-state index is -1.38. The molecular formula is C31H42BFO7. The topological polar surface area (TPSA) is 102 Å². The van der Waals surface area contributed by atoms with Crippen molar-refractivity contribution < 1.29 is 38.2 Å². The smallest absolute Gasteiger partial charge is 0.479 e. The molecule has 9 heteroatoms. The van der Waals surface area contributed by atoms with E-state index in [1.807, 2.05) is 6.92 Å². The number of Topliss-reactive ketones (excluding diaryl/α,β-unsaturated/α-hetero) is 1. The van der Waals surface area contributed by atoms with Crippen LogP contribution in [-0.2, 0) is 25.6 Å². The third kappa shape index (κ3) is 5.55. The second-order valence-corrected chi connectivity index (χ2v) is 13.0. The van der Waals surface area contributed by atoms with E-state index in [0.717, 1.165) is 12.8 Å². The molecular weight excluding hydrogens is 514 g/mol. The SMILES string of the molecule is C#CC[C@]1(C)C[C@@H](OC(=O)COc2ccc3c(c2F)B(O)OC3)[C@@]2(C)C[C@](CCC(C)=O)(CC[C@H]2C)[C@@H](C)[C@@H]1O. The van der Waals surface area contributed by atoms with E-state index >= 15 is 0 Å². The first-order valence-electron chi connectivity index (χ1n) is 14.3. The zero-order chi connectivity index (χ0) is 29.5. The van der Waals surface area contributed by atoms with Crippen molar-refractivity contribution in [2.75, 3.05) is 6.61 Å². The van der Waals surface area contributed by atoms with Gasteiger partial charge in [-0.25, -0.2) is 9.18 Å². The minimum absolute atomic E-state index is 0.0180. The maximum Gasteiger partial charge on any atom is 0.494 e. The summed E-state index contributed by atoms with van der Waals surface area (Å²) >= 11 is 0. The molecule has 7 nitrogen and oxygen atoms in total. The van der Waals surface area contributed by atoms with Crippen LogP contribution in [0.1, 0.15) is 85.1 Å². The minimum Gasteiger partial charge on any atom is -0.479 e. The molecule has 1 aromatic rings. The molecule has 0 aromatic heterocycles. The van der Waals surface area contributed by atoms with E-state index < -0.39 is 48.5 Å². The van der Waals surface area contributed by atoms with Gasteiger partial charge in [-0.2, -0.15) is 0 Å². The van der Waals surface area contributed by atoms with Crippen molar-refractivity contribution in [1.82, 2.24) is 0 Å². The maximum atomic E-state index is 15.0. The van der Waals surface area contributed by atoms with Gasteiger partial charge in [0.25, 0.3) is 0 Å². The van der Waals surface area contributed by atoms with Crippen LogP contribution >= 0.6 is 0 Å². The van der Waals surface area contributed by atoms with Crippen LogP contribution in [0, 0.1) is 46.2 Å². The van der Waals surface area contributed by atoms with Crippen molar-refractivity contribution in [3.05, 3.63) is 23.5 Å². The molecule has 2 aliphatic carbocycles. The highest BCUT2D eigenvalue weighted by Gasteiger charge is 2.59. The number of hydrogen-bond acceptors (Lipinski definition) is 7. The number of hydrogen-bond donors (Lipinski definition) is 2. The van der Waals surface area contributed by atoms with Crippen LogP contribution in [0.3, 0.4) is 0 Å². The summed E-state index contributed by atoms with van der Waals surface area (Å²) in [5.41, 5.74) is -0.912. The number of carbonyl (C=O) groups excluding carboxylic acids is 2. The van der Waals surface area contributed by atoms with Gasteiger partial charge in [0.1, 0.15) is 11.9 Å². The standard InChI is InChI=1S/C31H42BFO7/c1-7-12-29(5)15-24(40-25(35)17-38-23-9-8-22-16-39-32(37)26(22)27(23)33)30(6)18-31(13-10-19(30)2,14-11-20(3)34)21(4)28(29)36/h1,8-9,19,21,24,28,36-37H,10-18H2,2-6H3/t19-,21+,24-,28+,29-,30+,31-/m1/s1. The zero-order valence-electron chi connectivity index (χ0n) is 24.3. The molecule has 2 N–H and O–H groups in total. The molecule has 2 bridgehead atoms. The largest absolute Gasteiger partial charge is 0.494 e. The van der Waals surface area contributed by atoms with Gasteiger partial charge in [-0.05, 0) is 67.9 Å². The van der Waals surface area contributed by atoms with Crippen LogP contribution in [0.15, 0.2) is 12.1 Å². The Hall–Kier alpha value is -2.41. The van der Waals surface area contributed by atoms with Gasteiger partial charge in [0.05, 0.1) is 12.7 Å². The third-order valence-corrected chi connectivity index (χ3v) is 10.5. The maximum absolute atomic E-state index is 15.0. The quantitative estimate of drug-likeness (QED) is 0.284. The van der Waals surface area contributed by atoms with Crippen LogP contribution in [0.2, 0.25) is 0 Å². The van der Waals surface area contributed by atoms with Crippen LogP contribution in [0.25, 0.3) is 0 Å². The molecule has 4 rings (SSSR count). The predicted molar refractivity (Wildman–Crippen MR) is 149 cm³/mol. The molecule has 3 aliphatic rings. The molecule has 0 unspecified atom stereocenters. The van der Waals surface area contributed by atoms with E-state index in [4.69, 9.17) is 20.6 Å². The average Bonchev–Trinajstić information content (AvgIpc) is 3.28. The molecule has 1 aromatic carbocycles. The summed E-state index contributed by atoms with van der Waals surface area (Å²) in [5, 5.41) is 21.7. The van der Waals surface area contributed by atoms with Gasteiger partial charge in [-0.15, -0.1) is 12.3 Å². The van der Waals surface area contributed by atoms with E-state index in [-0.39, 0.29) is 40.9 Å². The lowest BCUT2D eigenvalue weighted by Crippen LogP contribution is -2.58. The van der Waals surface area contributed by atoms with E-state index in [1.54, 1.807) is 13.0 Å². The van der Waals surface area contributed by atoms with E-state index in [9.17, 15) is 24.1 Å². The Labute approximate surface area is 237 Å². The molecule has 0 amide bonds. The number of ketones is 1. The Kier molecular flexibility index (Phi) is 8.76. The van der Waals surface area contributed by atoms with E-state index in [1.165, 1.54) is 6.07 Å². The number of benzene rings is 1. The number of halogens is 1. The Morgan fingerprint density at radius 1 is 1.30 bits per heavy atom. The molecule has 2 saturated carbocycles. The van der Waals surface area contributed by atoms with Crippen LogP contribution in [-0.4, -0.2) is 47.8 Å². The normalized spacial score (nSPS) is 35.2. The van der Waals surface area contributed by atoms with Gasteiger partial charge < -0.3 is 29.1 Å². The highest BCUT2D eigenvalue weighted by atomic mass is 19.1. The fourth-order valence-corrected chi connectivity index (χ4v) is 7.54. The molecule has 1 heterocycles. The Morgan fingerprint density at radius 2 is 2.02 bits per heavy atom. The van der Waals surface area contributed by atoms with Crippen LogP contribution in [0.4, 0.5) is 4.39 Å². The summed E-state index contributed by atoms with van der Waals surface area (Å²) in [6.45, 7) is 9.50. The monoisotopic (exact) mass is 556 g/mol. The van der Waals surface area contributed by atoms with Gasteiger partial charge in [-0.1, -0.05) is 33.8 Å². The molecule has 0 saturated heterocycles. The van der Waals surface area contributed by atoms with Crippen molar-refractivity contribution in [2.45, 2.75) is 98.4 Å². The number of aliphatic hydroxyl groups excluding tert-OH is 1. The summed E-state index contributed by atoms with van der Waals surface area (Å²) in [7, 11) is -1.38. The van der Waals surface area contributed by atoms with Gasteiger partial charge >= 0.3 is 13.1 Å². The van der Waals surface area contributed by atoms with Crippen molar-refractivity contribution in [3.8, 4) is 18.1 Å². The number of fused-ring (bicyclic) bond motifs is 3. The average molecular weight is 556 g/mol. The molecule has 0 radical (unpaired) electrons. The van der Waals surface area contributed by atoms with E-state index in [0.29, 0.717) is 37.7 Å². The summed E-state index contributed by atoms with van der Waals surface area (Å²) < 4.78 is 31.7. The van der Waals surface area contributed by atoms with E-state index in [2.05, 4.69) is 26.7 Å². The highest BCUT2D eigenvalue weighted by molar-refractivity contribution is 6.61. The van der Waals surface area contributed by atoms with Gasteiger partial charge in [0, 0.05) is 29.1 Å². The van der Waals surface area contributed by atoms with Crippen LogP contribution < -0.4 is 10.2 Å². The lowest BCUT2D eigenvalue weighted by Gasteiger charge is -2.60. The first-order valence-corrected chi connectivity index (χ1v) is 14.3. The van der Waals surface area contributed by atoms with Crippen LogP contribution in [0.5, 0.6) is 5.75 Å². The van der Waals surface area contributed by atoms with Crippen molar-refractivity contribution in [3.63, 3.8) is 0 Å². The lowest BCUT2D eigenvalue weighted by molar-refractivity contribution is -0.195. The Balaban J connectivity index is 1.61. The number of terminal acetylenes is 1.